The van der Waals surface area contributed by atoms with Crippen LogP contribution in [0.2, 0.25) is 0 Å². The van der Waals surface area contributed by atoms with E-state index in [0.717, 1.165) is 42.5 Å². The number of methoxy groups -OCH3 is 1. The number of aromatic nitrogens is 1. The van der Waals surface area contributed by atoms with Crippen LogP contribution in [0.5, 0.6) is 5.75 Å². The lowest BCUT2D eigenvalue weighted by Crippen LogP contribution is -2.76. The number of anilines is 1. The maximum absolute atomic E-state index is 13.4. The Bertz CT molecular complexity index is 1200. The molecule has 2 aromatic rings. The van der Waals surface area contributed by atoms with E-state index in [2.05, 4.69) is 27.8 Å². The topological polar surface area (TPSA) is 117 Å². The third kappa shape index (κ3) is 3.95. The van der Waals surface area contributed by atoms with E-state index in [4.69, 9.17) is 10.5 Å². The van der Waals surface area contributed by atoms with Crippen molar-refractivity contribution in [3.63, 3.8) is 0 Å². The van der Waals surface area contributed by atoms with Crippen molar-refractivity contribution in [2.75, 3.05) is 26.0 Å². The maximum atomic E-state index is 13.4. The fourth-order valence-electron chi connectivity index (χ4n) is 5.81. The molecular weight excluding hydrogens is 446 g/mol. The molecule has 1 amide bonds. The molecule has 10 nitrogen and oxygen atoms in total. The van der Waals surface area contributed by atoms with Crippen LogP contribution in [-0.4, -0.2) is 64.9 Å². The average Bonchev–Trinajstić information content (AvgIpc) is 3.47. The van der Waals surface area contributed by atoms with Gasteiger partial charge in [0, 0.05) is 44.2 Å². The van der Waals surface area contributed by atoms with E-state index in [1.807, 2.05) is 30.1 Å². The normalized spacial score (nSPS) is 24.9. The number of likely N-dealkylation sites (N-methyl/N-ethyl adjacent to an activating group) is 1. The van der Waals surface area contributed by atoms with Crippen molar-refractivity contribution in [2.24, 2.45) is 5.73 Å². The minimum absolute atomic E-state index is 0.0967. The molecule has 10 heteroatoms. The van der Waals surface area contributed by atoms with Crippen LogP contribution in [0, 0.1) is 0 Å². The second kappa shape index (κ2) is 8.67. The number of benzene rings is 1. The summed E-state index contributed by atoms with van der Waals surface area (Å²) < 4.78 is 7.18. The van der Waals surface area contributed by atoms with Crippen LogP contribution < -0.4 is 26.4 Å². The summed E-state index contributed by atoms with van der Waals surface area (Å²) in [6.45, 7) is 4.49. The number of fused-ring (bicyclic) bond motifs is 1. The Balaban J connectivity index is 1.53. The van der Waals surface area contributed by atoms with Gasteiger partial charge in [-0.3, -0.25) is 25.2 Å². The lowest BCUT2D eigenvalue weighted by Gasteiger charge is -2.52. The number of amides is 1. The van der Waals surface area contributed by atoms with Crippen LogP contribution in [0.15, 0.2) is 35.9 Å². The molecule has 188 valence electrons. The zero-order chi connectivity index (χ0) is 24.9. The molecule has 3 heterocycles. The van der Waals surface area contributed by atoms with Crippen molar-refractivity contribution >= 4 is 28.4 Å². The van der Waals surface area contributed by atoms with Gasteiger partial charge in [-0.2, -0.15) is 0 Å². The van der Waals surface area contributed by atoms with Gasteiger partial charge in [-0.1, -0.05) is 19.8 Å². The minimum atomic E-state index is -1.46. The van der Waals surface area contributed by atoms with Crippen molar-refractivity contribution in [1.82, 2.24) is 25.0 Å². The van der Waals surface area contributed by atoms with E-state index in [0.29, 0.717) is 23.2 Å². The largest absolute Gasteiger partial charge is 0.495 e. The summed E-state index contributed by atoms with van der Waals surface area (Å²) in [5, 5.41) is 10.5. The summed E-state index contributed by atoms with van der Waals surface area (Å²) in [5.41, 5.74) is 8.65. The first-order chi connectivity index (χ1) is 16.7. The Morgan fingerprint density at radius 3 is 2.69 bits per heavy atom. The molecule has 0 spiro atoms. The quantitative estimate of drug-likeness (QED) is 0.480. The number of carbonyl (C=O) groups excluding carboxylic acids is 2. The Morgan fingerprint density at radius 1 is 1.29 bits per heavy atom. The predicted molar refractivity (Wildman–Crippen MR) is 134 cm³/mol. The molecule has 0 bridgehead atoms. The Kier molecular flexibility index (Phi) is 5.79. The molecule has 2 aliphatic heterocycles. The number of nitrogens with two attached hydrogens (primary N) is 1. The van der Waals surface area contributed by atoms with Crippen LogP contribution in [0.1, 0.15) is 50.7 Å². The second-order valence-electron chi connectivity index (χ2n) is 9.81. The number of carbonyl (C=O) groups is 2. The van der Waals surface area contributed by atoms with Gasteiger partial charge in [0.2, 0.25) is 11.8 Å². The van der Waals surface area contributed by atoms with Gasteiger partial charge in [0.1, 0.15) is 17.3 Å². The van der Waals surface area contributed by atoms with E-state index in [9.17, 15) is 9.59 Å². The van der Waals surface area contributed by atoms with E-state index >= 15 is 0 Å². The average molecular weight is 482 g/mol. The van der Waals surface area contributed by atoms with E-state index in [-0.39, 0.29) is 17.9 Å². The molecule has 1 aromatic carbocycles. The zero-order valence-corrected chi connectivity index (χ0v) is 20.9. The van der Waals surface area contributed by atoms with Crippen LogP contribution in [0.3, 0.4) is 0 Å². The summed E-state index contributed by atoms with van der Waals surface area (Å²) in [6, 6.07) is 6.20. The zero-order valence-electron chi connectivity index (χ0n) is 20.9. The van der Waals surface area contributed by atoms with Crippen molar-refractivity contribution in [3.05, 3.63) is 35.9 Å². The van der Waals surface area contributed by atoms with Crippen molar-refractivity contribution in [2.45, 2.75) is 63.9 Å². The van der Waals surface area contributed by atoms with E-state index < -0.39 is 5.91 Å². The van der Waals surface area contributed by atoms with E-state index in [1.165, 1.54) is 19.8 Å². The van der Waals surface area contributed by atoms with Gasteiger partial charge in [0.05, 0.1) is 18.3 Å². The highest BCUT2D eigenvalue weighted by Gasteiger charge is 2.45. The molecular formula is C25H35N7O3. The highest BCUT2D eigenvalue weighted by Crippen LogP contribution is 2.36. The standard InChI is InChI=1S/C25H35N7O3/c1-5-17-14-30(3)22-23(32(17)18-8-6-7-9-18)28-25(26,29-24(22)34)27-19-13-20-16(12-21(19)35-4)10-11-31(20)15(2)33/h10-13,17-18,27-28H,5-9,14,26H2,1-4H3,(H,29,34)/t17?,25-/m1/s1. The Labute approximate surface area is 205 Å². The van der Waals surface area contributed by atoms with Crippen LogP contribution in [-0.2, 0) is 4.79 Å². The first-order valence-corrected chi connectivity index (χ1v) is 12.4. The monoisotopic (exact) mass is 481 g/mol. The number of ether oxygens (including phenoxy) is 1. The molecule has 5 rings (SSSR count). The third-order valence-corrected chi connectivity index (χ3v) is 7.46. The van der Waals surface area contributed by atoms with Gasteiger partial charge < -0.3 is 25.2 Å². The lowest BCUT2D eigenvalue weighted by atomic mass is 10.0. The van der Waals surface area contributed by atoms with Crippen molar-refractivity contribution < 1.29 is 14.3 Å². The molecule has 1 aromatic heterocycles. The fourth-order valence-corrected chi connectivity index (χ4v) is 5.81. The number of hydrogen-bond donors (Lipinski definition) is 4. The second-order valence-corrected chi connectivity index (χ2v) is 9.81. The van der Waals surface area contributed by atoms with Gasteiger partial charge >= 0.3 is 0 Å². The smallest absolute Gasteiger partial charge is 0.275 e. The number of nitrogens with zero attached hydrogens (tertiary/aromatic N) is 3. The number of hydrogen-bond acceptors (Lipinski definition) is 8. The molecule has 1 saturated carbocycles. The number of nitrogens with one attached hydrogen (secondary N) is 3. The summed E-state index contributed by atoms with van der Waals surface area (Å²) in [6.07, 6.45) is 7.31. The van der Waals surface area contributed by atoms with Gasteiger partial charge in [0.15, 0.2) is 0 Å². The van der Waals surface area contributed by atoms with Gasteiger partial charge in [-0.05, 0) is 37.5 Å². The Hall–Kier alpha value is -3.40. The molecule has 35 heavy (non-hydrogen) atoms. The maximum Gasteiger partial charge on any atom is 0.275 e. The molecule has 0 saturated heterocycles. The summed E-state index contributed by atoms with van der Waals surface area (Å²) >= 11 is 0. The fraction of sp³-hybridized carbons (Fsp3) is 0.520. The molecule has 3 aliphatic rings. The number of rotatable bonds is 5. The summed E-state index contributed by atoms with van der Waals surface area (Å²) in [4.78, 5) is 29.9. The van der Waals surface area contributed by atoms with Crippen LogP contribution >= 0.6 is 0 Å². The molecule has 0 radical (unpaired) electrons. The molecule has 1 unspecified atom stereocenters. The highest BCUT2D eigenvalue weighted by molar-refractivity contribution is 5.96. The van der Waals surface area contributed by atoms with Gasteiger partial charge in [-0.25, -0.2) is 0 Å². The first kappa shape index (κ1) is 23.3. The minimum Gasteiger partial charge on any atom is -0.495 e. The highest BCUT2D eigenvalue weighted by atomic mass is 16.5. The van der Waals surface area contributed by atoms with Crippen LogP contribution in [0.25, 0.3) is 10.9 Å². The molecule has 5 N–H and O–H groups in total. The first-order valence-electron chi connectivity index (χ1n) is 12.4. The van der Waals surface area contributed by atoms with Crippen LogP contribution in [0.4, 0.5) is 5.69 Å². The molecule has 1 aliphatic carbocycles. The van der Waals surface area contributed by atoms with E-state index in [1.54, 1.807) is 17.9 Å². The Morgan fingerprint density at radius 2 is 2.03 bits per heavy atom. The summed E-state index contributed by atoms with van der Waals surface area (Å²) in [7, 11) is 3.53. The molecule has 2 atom stereocenters. The predicted octanol–water partition coefficient (Wildman–Crippen LogP) is 2.15. The van der Waals surface area contributed by atoms with Crippen molar-refractivity contribution in [3.8, 4) is 5.75 Å². The van der Waals surface area contributed by atoms with Gasteiger partial charge in [0.25, 0.3) is 5.91 Å². The SMILES string of the molecule is CCC1CN(C)C2=C(N[C@@](N)(Nc3cc4c(ccn4C(C)=O)cc3OC)NC2=O)N1C1CCCC1. The summed E-state index contributed by atoms with van der Waals surface area (Å²) in [5.74, 6) is -0.470. The van der Waals surface area contributed by atoms with Gasteiger partial charge in [-0.15, -0.1) is 0 Å². The third-order valence-electron chi connectivity index (χ3n) is 7.46. The molecule has 1 fully saturated rings. The lowest BCUT2D eigenvalue weighted by molar-refractivity contribution is -0.123. The van der Waals surface area contributed by atoms with Crippen molar-refractivity contribution in [1.29, 1.82) is 0 Å².